The van der Waals surface area contributed by atoms with Crippen molar-refractivity contribution >= 4 is 22.6 Å². The number of aliphatic hydroxyl groups excluding tert-OH is 1. The summed E-state index contributed by atoms with van der Waals surface area (Å²) < 4.78 is 1.56. The highest BCUT2D eigenvalue weighted by atomic mass is 35.5. The number of benzene rings is 1. The predicted molar refractivity (Wildman–Crippen MR) is 136 cm³/mol. The maximum atomic E-state index is 13.8. The van der Waals surface area contributed by atoms with Gasteiger partial charge in [0.15, 0.2) is 0 Å². The van der Waals surface area contributed by atoms with E-state index < -0.39 is 6.10 Å². The number of aromatic nitrogens is 5. The minimum Gasteiger partial charge on any atom is -0.391 e. The normalized spacial score (nSPS) is 17.0. The minimum atomic E-state index is -0.674. The lowest BCUT2D eigenvalue weighted by Gasteiger charge is -2.28. The molecule has 3 aromatic heterocycles. The third-order valence-corrected chi connectivity index (χ3v) is 6.82. The fourth-order valence-electron chi connectivity index (χ4n) is 4.65. The van der Waals surface area contributed by atoms with E-state index in [2.05, 4.69) is 25.3 Å². The number of halogens is 1. The quantitative estimate of drug-likeness (QED) is 0.440. The number of fused-ring (bicyclic) bond motifs is 1. The molecule has 0 amide bonds. The van der Waals surface area contributed by atoms with Crippen molar-refractivity contribution in [2.24, 2.45) is 5.92 Å². The van der Waals surface area contributed by atoms with E-state index in [9.17, 15) is 9.90 Å². The third kappa shape index (κ3) is 4.82. The molecule has 1 saturated heterocycles. The van der Waals surface area contributed by atoms with Crippen LogP contribution in [-0.2, 0) is 6.54 Å². The second-order valence-electron chi connectivity index (χ2n) is 9.08. The number of piperidine rings is 1. The first-order valence-corrected chi connectivity index (χ1v) is 12.1. The Labute approximate surface area is 208 Å². The summed E-state index contributed by atoms with van der Waals surface area (Å²) in [5.41, 5.74) is 3.64. The van der Waals surface area contributed by atoms with Crippen molar-refractivity contribution in [1.82, 2.24) is 29.8 Å². The predicted octanol–water partition coefficient (Wildman–Crippen LogP) is 3.55. The number of hydrogen-bond acceptors (Lipinski definition) is 7. The molecule has 5 rings (SSSR count). The smallest absolute Gasteiger partial charge is 0.260 e. The van der Waals surface area contributed by atoms with Gasteiger partial charge in [-0.25, -0.2) is 15.0 Å². The molecule has 2 N–H and O–H groups in total. The second-order valence-corrected chi connectivity index (χ2v) is 9.49. The molecule has 180 valence electrons. The Morgan fingerprint density at radius 1 is 1.17 bits per heavy atom. The molecular weight excluding hydrogens is 464 g/mol. The molecule has 0 radical (unpaired) electrons. The van der Waals surface area contributed by atoms with Crippen LogP contribution in [0.1, 0.15) is 24.4 Å². The van der Waals surface area contributed by atoms with Gasteiger partial charge >= 0.3 is 0 Å². The molecule has 0 aliphatic carbocycles. The number of hydrogen-bond donors (Lipinski definition) is 2. The molecule has 1 aliphatic heterocycles. The van der Waals surface area contributed by atoms with Gasteiger partial charge in [-0.15, -0.1) is 0 Å². The van der Waals surface area contributed by atoms with Gasteiger partial charge in [0.25, 0.3) is 5.56 Å². The molecule has 1 aromatic carbocycles. The zero-order valence-electron chi connectivity index (χ0n) is 19.7. The van der Waals surface area contributed by atoms with Crippen LogP contribution in [0.5, 0.6) is 0 Å². The van der Waals surface area contributed by atoms with E-state index >= 15 is 0 Å². The van der Waals surface area contributed by atoms with Crippen LogP contribution in [0.25, 0.3) is 33.4 Å². The Morgan fingerprint density at radius 2 is 2.03 bits per heavy atom. The lowest BCUT2D eigenvalue weighted by atomic mass is 9.93. The highest BCUT2D eigenvalue weighted by Gasteiger charge is 2.24. The van der Waals surface area contributed by atoms with Crippen LogP contribution in [0.4, 0.5) is 0 Å². The number of nitrogens with one attached hydrogen (secondary N) is 1. The van der Waals surface area contributed by atoms with Gasteiger partial charge in [0.05, 0.1) is 30.2 Å². The molecule has 2 atom stereocenters. The van der Waals surface area contributed by atoms with E-state index in [1.54, 1.807) is 42.2 Å². The van der Waals surface area contributed by atoms with Crippen molar-refractivity contribution in [3.8, 4) is 22.4 Å². The molecular formula is C26H27ClN6O2. The van der Waals surface area contributed by atoms with E-state index in [1.165, 1.54) is 0 Å². The number of pyridine rings is 1. The minimum absolute atomic E-state index is 0.0793. The van der Waals surface area contributed by atoms with Crippen LogP contribution in [0.3, 0.4) is 0 Å². The fraction of sp³-hybridized carbons (Fsp3) is 0.346. The van der Waals surface area contributed by atoms with E-state index in [1.807, 2.05) is 19.1 Å². The van der Waals surface area contributed by atoms with Crippen LogP contribution in [0.2, 0.25) is 5.02 Å². The molecule has 2 unspecified atom stereocenters. The Morgan fingerprint density at radius 3 is 2.77 bits per heavy atom. The Balaban J connectivity index is 1.60. The molecule has 0 bridgehead atoms. The first kappa shape index (κ1) is 23.5. The molecule has 0 spiro atoms. The lowest BCUT2D eigenvalue weighted by molar-refractivity contribution is 0.0764. The molecule has 0 saturated carbocycles. The maximum absolute atomic E-state index is 13.8. The molecule has 8 nitrogen and oxygen atoms in total. The fourth-order valence-corrected chi connectivity index (χ4v) is 4.93. The monoisotopic (exact) mass is 490 g/mol. The molecule has 35 heavy (non-hydrogen) atoms. The van der Waals surface area contributed by atoms with Gasteiger partial charge in [0.1, 0.15) is 11.5 Å². The summed E-state index contributed by atoms with van der Waals surface area (Å²) in [6.07, 6.45) is 6.33. The van der Waals surface area contributed by atoms with Crippen LogP contribution >= 0.6 is 11.6 Å². The van der Waals surface area contributed by atoms with Gasteiger partial charge in [-0.3, -0.25) is 14.3 Å². The summed E-state index contributed by atoms with van der Waals surface area (Å²) in [6.45, 7) is 5.51. The molecule has 1 aliphatic rings. The summed E-state index contributed by atoms with van der Waals surface area (Å²) >= 11 is 6.70. The van der Waals surface area contributed by atoms with Gasteiger partial charge in [0, 0.05) is 46.0 Å². The Hall–Kier alpha value is -3.20. The van der Waals surface area contributed by atoms with Crippen molar-refractivity contribution in [3.05, 3.63) is 69.8 Å². The van der Waals surface area contributed by atoms with Crippen LogP contribution in [0, 0.1) is 19.8 Å². The number of aryl methyl sites for hydroxylation is 2. The topological polar surface area (TPSA) is 106 Å². The second kappa shape index (κ2) is 9.81. The van der Waals surface area contributed by atoms with Crippen molar-refractivity contribution in [2.45, 2.75) is 39.3 Å². The molecule has 4 heterocycles. The first-order valence-electron chi connectivity index (χ1n) is 11.8. The summed E-state index contributed by atoms with van der Waals surface area (Å²) in [5, 5.41) is 15.5. The summed E-state index contributed by atoms with van der Waals surface area (Å²) in [6, 6.07) is 7.27. The van der Waals surface area contributed by atoms with E-state index in [4.69, 9.17) is 11.6 Å². The van der Waals surface area contributed by atoms with Crippen molar-refractivity contribution in [3.63, 3.8) is 0 Å². The zero-order chi connectivity index (χ0) is 24.5. The van der Waals surface area contributed by atoms with Gasteiger partial charge in [0.2, 0.25) is 0 Å². The van der Waals surface area contributed by atoms with Crippen molar-refractivity contribution < 1.29 is 5.11 Å². The summed E-state index contributed by atoms with van der Waals surface area (Å²) in [4.78, 5) is 31.3. The Kier molecular flexibility index (Phi) is 6.60. The van der Waals surface area contributed by atoms with Crippen molar-refractivity contribution in [1.29, 1.82) is 0 Å². The highest BCUT2D eigenvalue weighted by Crippen LogP contribution is 2.31. The average molecular weight is 491 g/mol. The number of aliphatic hydroxyl groups is 1. The van der Waals surface area contributed by atoms with Gasteiger partial charge in [-0.2, -0.15) is 0 Å². The lowest BCUT2D eigenvalue weighted by Crippen LogP contribution is -2.40. The summed E-state index contributed by atoms with van der Waals surface area (Å²) in [7, 11) is 0. The molecule has 9 heteroatoms. The van der Waals surface area contributed by atoms with E-state index in [0.29, 0.717) is 38.7 Å². The van der Waals surface area contributed by atoms with Crippen LogP contribution < -0.4 is 10.9 Å². The van der Waals surface area contributed by atoms with Crippen LogP contribution in [-0.4, -0.2) is 48.8 Å². The number of rotatable bonds is 5. The Bertz CT molecular complexity index is 1450. The number of nitrogens with zero attached hydrogens (tertiary/aromatic N) is 5. The van der Waals surface area contributed by atoms with Crippen molar-refractivity contribution in [2.75, 3.05) is 13.1 Å². The third-order valence-electron chi connectivity index (χ3n) is 6.51. The largest absolute Gasteiger partial charge is 0.391 e. The average Bonchev–Trinajstić information content (AvgIpc) is 2.86. The summed E-state index contributed by atoms with van der Waals surface area (Å²) in [5.74, 6) is 0.643. The molecule has 4 aromatic rings. The standard InChI is InChI=1S/C26H27ClN6O2/c1-15-10-29-13-23(31-15)17-5-6-20(22(27)9-17)21-8-19-12-30-16(2)32-25(19)33(26(21)35)14-24(34)18-4-3-7-28-11-18/h5-6,8-10,12-13,18,24,28,34H,3-4,7,11,14H2,1-2H3. The zero-order valence-corrected chi connectivity index (χ0v) is 20.5. The SMILES string of the molecule is Cc1cncc(-c2ccc(-c3cc4cnc(C)nc4n(CC(O)C4CCCNC4)c3=O)c(Cl)c2)n1. The highest BCUT2D eigenvalue weighted by molar-refractivity contribution is 6.33. The van der Waals surface area contributed by atoms with Gasteiger partial charge in [-0.05, 0) is 51.3 Å². The molecule has 1 fully saturated rings. The van der Waals surface area contributed by atoms with E-state index in [0.717, 1.165) is 37.2 Å². The van der Waals surface area contributed by atoms with Crippen LogP contribution in [0.15, 0.2) is 47.7 Å². The van der Waals surface area contributed by atoms with E-state index in [-0.39, 0.29) is 18.0 Å². The maximum Gasteiger partial charge on any atom is 0.260 e. The van der Waals surface area contributed by atoms with Gasteiger partial charge < -0.3 is 10.4 Å². The first-order chi connectivity index (χ1) is 16.9. The van der Waals surface area contributed by atoms with Gasteiger partial charge in [-0.1, -0.05) is 23.7 Å².